The van der Waals surface area contributed by atoms with Gasteiger partial charge in [-0.1, -0.05) is 18.5 Å². The van der Waals surface area contributed by atoms with E-state index >= 15 is 0 Å². The number of alkyl halides is 3. The molecule has 120 valence electrons. The topological polar surface area (TPSA) is 52.9 Å². The van der Waals surface area contributed by atoms with E-state index in [0.29, 0.717) is 10.6 Å². The molecule has 1 N–H and O–H groups in total. The molecule has 1 heterocycles. The molecule has 4 nitrogen and oxygen atoms in total. The molecule has 0 saturated carbocycles. The Kier molecular flexibility index (Phi) is 4.23. The predicted molar refractivity (Wildman–Crippen MR) is 75.7 cm³/mol. The van der Waals surface area contributed by atoms with Crippen molar-refractivity contribution in [1.29, 1.82) is 0 Å². The zero-order valence-electron chi connectivity index (χ0n) is 11.9. The number of hydrazone groups is 1. The summed E-state index contributed by atoms with van der Waals surface area (Å²) in [4.78, 5) is 12.4. The van der Waals surface area contributed by atoms with E-state index in [2.05, 4.69) is 5.10 Å². The third-order valence-corrected chi connectivity index (χ3v) is 3.93. The lowest BCUT2D eigenvalue weighted by molar-refractivity contribution is -0.297. The van der Waals surface area contributed by atoms with Crippen LogP contribution in [0.15, 0.2) is 23.3 Å². The van der Waals surface area contributed by atoms with Gasteiger partial charge in [-0.25, -0.2) is 0 Å². The first kappa shape index (κ1) is 16.8. The average Bonchev–Trinajstić information content (AvgIpc) is 2.79. The van der Waals surface area contributed by atoms with E-state index in [1.807, 2.05) is 0 Å². The van der Waals surface area contributed by atoms with Crippen molar-refractivity contribution in [1.82, 2.24) is 5.01 Å². The van der Waals surface area contributed by atoms with Crippen molar-refractivity contribution in [3.8, 4) is 0 Å². The summed E-state index contributed by atoms with van der Waals surface area (Å²) in [6.07, 6.45) is -5.54. The molecule has 0 bridgehead atoms. The van der Waals surface area contributed by atoms with Crippen LogP contribution >= 0.6 is 11.6 Å². The summed E-state index contributed by atoms with van der Waals surface area (Å²) >= 11 is 5.84. The lowest BCUT2D eigenvalue weighted by atomic mass is 10.0. The number of hydrogen-bond acceptors (Lipinski definition) is 3. The smallest absolute Gasteiger partial charge is 0.362 e. The number of hydrogen-bond donors (Lipinski definition) is 1. The van der Waals surface area contributed by atoms with Gasteiger partial charge in [-0.05, 0) is 37.1 Å². The molecular formula is C14H14ClF3N2O2. The standard InChI is InChI=1S/C14H14ClF3N2O2/c1-3-10-7-13(22,14(16,17)18)20(19-10)12(21)9-4-5-11(15)8(2)6-9/h4-6,22H,3,7H2,1-2H3/t13-/m1/s1. The van der Waals surface area contributed by atoms with Crippen LogP contribution in [0.2, 0.25) is 5.02 Å². The lowest BCUT2D eigenvalue weighted by Gasteiger charge is -2.32. The van der Waals surface area contributed by atoms with Gasteiger partial charge in [0.15, 0.2) is 0 Å². The highest BCUT2D eigenvalue weighted by molar-refractivity contribution is 6.31. The molecule has 0 aliphatic carbocycles. The molecule has 2 rings (SSSR count). The van der Waals surface area contributed by atoms with Gasteiger partial charge >= 0.3 is 6.18 Å². The fourth-order valence-corrected chi connectivity index (χ4v) is 2.27. The van der Waals surface area contributed by atoms with E-state index in [9.17, 15) is 23.1 Å². The van der Waals surface area contributed by atoms with Crippen molar-refractivity contribution in [3.05, 3.63) is 34.3 Å². The quantitative estimate of drug-likeness (QED) is 0.899. The number of carbonyl (C=O) groups is 1. The summed E-state index contributed by atoms with van der Waals surface area (Å²) in [5, 5.41) is 14.1. The maximum Gasteiger partial charge on any atom is 0.438 e. The van der Waals surface area contributed by atoms with Crippen LogP contribution in [0.3, 0.4) is 0 Å². The molecule has 1 atom stereocenters. The van der Waals surface area contributed by atoms with Gasteiger partial charge in [0, 0.05) is 22.7 Å². The Morgan fingerprint density at radius 2 is 2.14 bits per heavy atom. The van der Waals surface area contributed by atoms with E-state index in [-0.39, 0.29) is 22.7 Å². The summed E-state index contributed by atoms with van der Waals surface area (Å²) in [5.41, 5.74) is -2.69. The van der Waals surface area contributed by atoms with Gasteiger partial charge in [-0.15, -0.1) is 0 Å². The first-order chi connectivity index (χ1) is 10.1. The van der Waals surface area contributed by atoms with Crippen molar-refractivity contribution >= 4 is 23.2 Å². The third-order valence-electron chi connectivity index (χ3n) is 3.50. The molecule has 22 heavy (non-hydrogen) atoms. The molecule has 1 aromatic rings. The number of aliphatic hydroxyl groups is 1. The Morgan fingerprint density at radius 1 is 1.50 bits per heavy atom. The van der Waals surface area contributed by atoms with Gasteiger partial charge in [0.25, 0.3) is 11.6 Å². The maximum atomic E-state index is 13.2. The molecule has 0 fully saturated rings. The van der Waals surface area contributed by atoms with Gasteiger partial charge in [0.1, 0.15) is 0 Å². The minimum atomic E-state index is -5.01. The molecule has 1 aromatic carbocycles. The first-order valence-electron chi connectivity index (χ1n) is 6.56. The summed E-state index contributed by atoms with van der Waals surface area (Å²) in [5.74, 6) is -1.02. The number of rotatable bonds is 2. The van der Waals surface area contributed by atoms with Crippen LogP contribution in [0, 0.1) is 6.92 Å². The van der Waals surface area contributed by atoms with E-state index in [1.165, 1.54) is 18.2 Å². The molecule has 1 amide bonds. The Balaban J connectivity index is 2.44. The number of benzene rings is 1. The van der Waals surface area contributed by atoms with Crippen LogP contribution < -0.4 is 0 Å². The highest BCUT2D eigenvalue weighted by atomic mass is 35.5. The second-order valence-corrected chi connectivity index (χ2v) is 5.50. The summed E-state index contributed by atoms with van der Waals surface area (Å²) in [7, 11) is 0. The number of nitrogens with zero attached hydrogens (tertiary/aromatic N) is 2. The van der Waals surface area contributed by atoms with Crippen LogP contribution in [0.4, 0.5) is 13.2 Å². The number of carbonyl (C=O) groups excluding carboxylic acids is 1. The first-order valence-corrected chi connectivity index (χ1v) is 6.94. The monoisotopic (exact) mass is 334 g/mol. The van der Waals surface area contributed by atoms with Crippen LogP contribution in [0.1, 0.15) is 35.7 Å². The maximum absolute atomic E-state index is 13.2. The molecular weight excluding hydrogens is 321 g/mol. The molecule has 0 saturated heterocycles. The molecule has 0 spiro atoms. The molecule has 0 unspecified atom stereocenters. The fraction of sp³-hybridized carbons (Fsp3) is 0.429. The summed E-state index contributed by atoms with van der Waals surface area (Å²) in [6, 6.07) is 4.08. The van der Waals surface area contributed by atoms with Gasteiger partial charge < -0.3 is 5.11 Å². The van der Waals surface area contributed by atoms with Gasteiger partial charge in [-0.2, -0.15) is 23.3 Å². The second-order valence-electron chi connectivity index (χ2n) is 5.09. The normalized spacial score (nSPS) is 22.0. The van der Waals surface area contributed by atoms with E-state index < -0.39 is 24.2 Å². The Hall–Kier alpha value is -1.60. The molecule has 1 aliphatic heterocycles. The summed E-state index contributed by atoms with van der Waals surface area (Å²) in [6.45, 7) is 3.23. The minimum absolute atomic E-state index is 0.0225. The number of halogens is 4. The van der Waals surface area contributed by atoms with E-state index in [1.54, 1.807) is 13.8 Å². The van der Waals surface area contributed by atoms with Gasteiger partial charge in [0.05, 0.1) is 0 Å². The zero-order valence-corrected chi connectivity index (χ0v) is 12.7. The molecule has 0 aromatic heterocycles. The third kappa shape index (κ3) is 2.70. The van der Waals surface area contributed by atoms with Crippen LogP contribution in [-0.2, 0) is 0 Å². The highest BCUT2D eigenvalue weighted by Gasteiger charge is 2.63. The van der Waals surface area contributed by atoms with E-state index in [0.717, 1.165) is 0 Å². The SMILES string of the molecule is CCC1=NN(C(=O)c2ccc(Cl)c(C)c2)[C@](O)(C(F)(F)F)C1. The van der Waals surface area contributed by atoms with Crippen LogP contribution in [0.25, 0.3) is 0 Å². The van der Waals surface area contributed by atoms with Crippen molar-refractivity contribution in [2.75, 3.05) is 0 Å². The number of amides is 1. The minimum Gasteiger partial charge on any atom is -0.362 e. The molecule has 0 radical (unpaired) electrons. The Bertz CT molecular complexity index is 645. The van der Waals surface area contributed by atoms with Crippen LogP contribution in [0.5, 0.6) is 0 Å². The summed E-state index contributed by atoms with van der Waals surface area (Å²) < 4.78 is 39.6. The van der Waals surface area contributed by atoms with Gasteiger partial charge in [-0.3, -0.25) is 4.79 Å². The second kappa shape index (κ2) is 5.55. The molecule has 8 heteroatoms. The van der Waals surface area contributed by atoms with Crippen molar-refractivity contribution in [2.24, 2.45) is 5.10 Å². The van der Waals surface area contributed by atoms with Crippen molar-refractivity contribution in [2.45, 2.75) is 38.6 Å². The number of aryl methyl sites for hydroxylation is 1. The van der Waals surface area contributed by atoms with E-state index in [4.69, 9.17) is 11.6 Å². The van der Waals surface area contributed by atoms with Gasteiger partial charge in [0.2, 0.25) is 0 Å². The highest BCUT2D eigenvalue weighted by Crippen LogP contribution is 2.41. The predicted octanol–water partition coefficient (Wildman–Crippen LogP) is 3.51. The van der Waals surface area contributed by atoms with Crippen molar-refractivity contribution in [3.63, 3.8) is 0 Å². The largest absolute Gasteiger partial charge is 0.438 e. The zero-order chi connectivity index (χ0) is 16.7. The lowest BCUT2D eigenvalue weighted by Crippen LogP contribution is -2.56. The van der Waals surface area contributed by atoms with Crippen LogP contribution in [-0.4, -0.2) is 33.6 Å². The fourth-order valence-electron chi connectivity index (χ4n) is 2.15. The molecule has 1 aliphatic rings. The Labute approximate surface area is 130 Å². The van der Waals surface area contributed by atoms with Crippen molar-refractivity contribution < 1.29 is 23.1 Å². The average molecular weight is 335 g/mol. The Morgan fingerprint density at radius 3 is 2.64 bits per heavy atom.